The van der Waals surface area contributed by atoms with Gasteiger partial charge in [-0.25, -0.2) is 0 Å². The second-order valence-electron chi connectivity index (χ2n) is 6.64. The fourth-order valence-electron chi connectivity index (χ4n) is 3.60. The minimum absolute atomic E-state index is 0.148. The number of ether oxygens (including phenoxy) is 1. The summed E-state index contributed by atoms with van der Waals surface area (Å²) in [4.78, 5) is 25.5. The largest absolute Gasteiger partial charge is 0.497 e. The van der Waals surface area contributed by atoms with Gasteiger partial charge in [-0.05, 0) is 48.0 Å². The fraction of sp³-hybridized carbons (Fsp3) is 0.0909. The number of nitrogens with zero attached hydrogens (tertiary/aromatic N) is 2. The van der Waals surface area contributed by atoms with E-state index in [1.807, 2.05) is 36.4 Å². The lowest BCUT2D eigenvalue weighted by Gasteiger charge is -2.12. The van der Waals surface area contributed by atoms with Crippen LogP contribution in [0, 0.1) is 0 Å². The minimum atomic E-state index is -0.431. The number of rotatable bonds is 4. The van der Waals surface area contributed by atoms with Crippen LogP contribution >= 0.6 is 0 Å². The lowest BCUT2D eigenvalue weighted by atomic mass is 10.0. The smallest absolute Gasteiger partial charge is 0.255 e. The van der Waals surface area contributed by atoms with Gasteiger partial charge < -0.3 is 10.1 Å². The van der Waals surface area contributed by atoms with Gasteiger partial charge in [0.1, 0.15) is 17.5 Å². The predicted molar refractivity (Wildman–Crippen MR) is 104 cm³/mol. The highest BCUT2D eigenvalue weighted by Gasteiger charge is 2.42. The van der Waals surface area contributed by atoms with E-state index in [4.69, 9.17) is 4.74 Å². The molecule has 2 aliphatic carbocycles. The third-order valence-electron chi connectivity index (χ3n) is 5.09. The van der Waals surface area contributed by atoms with E-state index in [1.54, 1.807) is 31.4 Å². The maximum absolute atomic E-state index is 13.3. The third-order valence-corrected chi connectivity index (χ3v) is 5.09. The molecule has 0 spiro atoms. The molecule has 6 nitrogen and oxygen atoms in total. The number of methoxy groups -OCH3 is 1. The van der Waals surface area contributed by atoms with Crippen molar-refractivity contribution in [2.45, 2.75) is 6.04 Å². The number of anilines is 1. The Kier molecular flexibility index (Phi) is 3.58. The molecule has 0 aromatic heterocycles. The molecule has 1 heterocycles. The van der Waals surface area contributed by atoms with Gasteiger partial charge in [-0.1, -0.05) is 18.2 Å². The van der Waals surface area contributed by atoms with Crippen molar-refractivity contribution in [1.82, 2.24) is 0 Å². The number of carbonyl (C=O) groups is 2. The molecule has 5 rings (SSSR count). The summed E-state index contributed by atoms with van der Waals surface area (Å²) in [7, 11) is 1.60. The molecule has 136 valence electrons. The molecule has 1 N–H and O–H groups in total. The molecule has 1 aliphatic heterocycles. The first-order valence-corrected chi connectivity index (χ1v) is 8.84. The number of hydrogen-bond donors (Lipinski definition) is 1. The Labute approximate surface area is 160 Å². The van der Waals surface area contributed by atoms with E-state index >= 15 is 0 Å². The van der Waals surface area contributed by atoms with Gasteiger partial charge in [-0.15, -0.1) is 0 Å². The van der Waals surface area contributed by atoms with Gasteiger partial charge >= 0.3 is 0 Å². The highest BCUT2D eigenvalue weighted by atomic mass is 16.5. The molecule has 0 fully saturated rings. The van der Waals surface area contributed by atoms with E-state index in [1.165, 1.54) is 0 Å². The van der Waals surface area contributed by atoms with Crippen LogP contribution in [0.4, 0.5) is 5.69 Å². The molecular formula is C22H15N3O3. The molecule has 1 atom stereocenters. The average molecular weight is 369 g/mol. The highest BCUT2D eigenvalue weighted by molar-refractivity contribution is 6.23. The van der Waals surface area contributed by atoms with E-state index in [9.17, 15) is 9.59 Å². The van der Waals surface area contributed by atoms with E-state index < -0.39 is 6.04 Å². The van der Waals surface area contributed by atoms with Gasteiger partial charge in [0.25, 0.3) is 5.91 Å². The Morgan fingerprint density at radius 2 is 1.93 bits per heavy atom. The maximum atomic E-state index is 13.3. The first-order chi connectivity index (χ1) is 13.7. The lowest BCUT2D eigenvalue weighted by Crippen LogP contribution is -2.17. The van der Waals surface area contributed by atoms with Crippen LogP contribution in [0.15, 0.2) is 82.1 Å². The molecule has 0 saturated heterocycles. The van der Waals surface area contributed by atoms with Gasteiger partial charge in [0, 0.05) is 11.1 Å². The molecule has 1 unspecified atom stereocenters. The summed E-state index contributed by atoms with van der Waals surface area (Å²) in [6.45, 7) is 0. The molecule has 0 saturated carbocycles. The average Bonchev–Trinajstić information content (AvgIpc) is 3.21. The monoisotopic (exact) mass is 369 g/mol. The van der Waals surface area contributed by atoms with Crippen molar-refractivity contribution in [1.29, 1.82) is 0 Å². The summed E-state index contributed by atoms with van der Waals surface area (Å²) in [6.07, 6.45) is 5.26. The molecule has 3 aliphatic rings. The summed E-state index contributed by atoms with van der Waals surface area (Å²) in [5.74, 6) is 0.350. The van der Waals surface area contributed by atoms with Gasteiger partial charge in [0.2, 0.25) is 0 Å². The number of fused-ring (bicyclic) bond motifs is 3. The second kappa shape index (κ2) is 6.13. The molecule has 28 heavy (non-hydrogen) atoms. The number of allylic oxidation sites excluding steroid dienone is 2. The second-order valence-corrected chi connectivity index (χ2v) is 6.64. The van der Waals surface area contributed by atoms with Crippen LogP contribution in [0.1, 0.15) is 27.5 Å². The number of Topliss-reactive ketones (excluding diaryl/α,β-unsaturated/α-hetero) is 1. The van der Waals surface area contributed by atoms with Crippen molar-refractivity contribution < 1.29 is 14.3 Å². The van der Waals surface area contributed by atoms with Crippen molar-refractivity contribution in [3.8, 4) is 5.75 Å². The zero-order valence-electron chi connectivity index (χ0n) is 15.0. The summed E-state index contributed by atoms with van der Waals surface area (Å²) < 4.78 is 5.19. The van der Waals surface area contributed by atoms with Crippen molar-refractivity contribution >= 4 is 23.1 Å². The van der Waals surface area contributed by atoms with Crippen LogP contribution in [0.2, 0.25) is 0 Å². The van der Waals surface area contributed by atoms with Gasteiger partial charge in [-0.2, -0.15) is 10.2 Å². The number of amides is 1. The Morgan fingerprint density at radius 1 is 1.14 bits per heavy atom. The number of hydrogen-bond acceptors (Lipinski definition) is 5. The fourth-order valence-corrected chi connectivity index (χ4v) is 3.60. The number of azo groups is 1. The van der Waals surface area contributed by atoms with Crippen LogP contribution < -0.4 is 10.1 Å². The summed E-state index contributed by atoms with van der Waals surface area (Å²) in [5.41, 5.74) is 4.26. The molecule has 2 aromatic carbocycles. The van der Waals surface area contributed by atoms with E-state index in [2.05, 4.69) is 15.5 Å². The molecule has 0 bridgehead atoms. The Morgan fingerprint density at radius 3 is 2.61 bits per heavy atom. The zero-order chi connectivity index (χ0) is 19.3. The normalized spacial score (nSPS) is 18.5. The van der Waals surface area contributed by atoms with Crippen molar-refractivity contribution in [2.24, 2.45) is 10.2 Å². The standard InChI is InChI=1S/C22H15N3O3/c1-28-14-10-8-12(9-11-14)19-18-20(25-24-19)15-6-3-7-16(17(15)21(18)26)23-22(27)13-4-2-5-13/h2-11,20H,1H3,(H,23,27). The molecule has 0 radical (unpaired) electrons. The highest BCUT2D eigenvalue weighted by Crippen LogP contribution is 2.49. The zero-order valence-corrected chi connectivity index (χ0v) is 15.0. The Hall–Kier alpha value is -3.80. The van der Waals surface area contributed by atoms with Crippen molar-refractivity contribution in [3.05, 3.63) is 88.5 Å². The van der Waals surface area contributed by atoms with Crippen molar-refractivity contribution in [3.63, 3.8) is 0 Å². The summed E-state index contributed by atoms with van der Waals surface area (Å²) in [5, 5.41) is 11.5. The quantitative estimate of drug-likeness (QED) is 0.875. The minimum Gasteiger partial charge on any atom is -0.497 e. The number of benzene rings is 2. The first kappa shape index (κ1) is 16.4. The number of carbonyl (C=O) groups excluding carboxylic acids is 2. The SMILES string of the molecule is COc1ccc(C2=C3C(=O)c4c(NC(=O)C5=CC=C5)cccc4C3N=N2)cc1. The van der Waals surface area contributed by atoms with E-state index in [0.29, 0.717) is 28.1 Å². The third kappa shape index (κ3) is 2.35. The lowest BCUT2D eigenvalue weighted by molar-refractivity contribution is -0.112. The Bertz CT molecular complexity index is 1150. The maximum Gasteiger partial charge on any atom is 0.255 e. The Balaban J connectivity index is 1.55. The van der Waals surface area contributed by atoms with E-state index in [-0.39, 0.29) is 11.7 Å². The first-order valence-electron chi connectivity index (χ1n) is 8.84. The molecule has 6 heteroatoms. The molecule has 2 aromatic rings. The van der Waals surface area contributed by atoms with Gasteiger partial charge in [0.05, 0.1) is 23.9 Å². The van der Waals surface area contributed by atoms with E-state index in [0.717, 1.165) is 16.9 Å². The summed E-state index contributed by atoms with van der Waals surface area (Å²) >= 11 is 0. The van der Waals surface area contributed by atoms with Gasteiger partial charge in [0.15, 0.2) is 5.78 Å². The van der Waals surface area contributed by atoms with Crippen LogP contribution in [0.25, 0.3) is 5.70 Å². The molecular weight excluding hydrogens is 354 g/mol. The van der Waals surface area contributed by atoms with Crippen LogP contribution in [-0.2, 0) is 4.79 Å². The topological polar surface area (TPSA) is 80.1 Å². The van der Waals surface area contributed by atoms with Crippen LogP contribution in [0.3, 0.4) is 0 Å². The summed E-state index contributed by atoms with van der Waals surface area (Å²) in [6, 6.07) is 12.3. The van der Waals surface area contributed by atoms with Crippen molar-refractivity contribution in [2.75, 3.05) is 12.4 Å². The number of nitrogens with one attached hydrogen (secondary N) is 1. The van der Waals surface area contributed by atoms with Gasteiger partial charge in [-0.3, -0.25) is 9.59 Å². The predicted octanol–water partition coefficient (Wildman–Crippen LogP) is 4.24. The number of ketones is 1. The van der Waals surface area contributed by atoms with Crippen LogP contribution in [0.5, 0.6) is 5.75 Å². The molecule has 1 amide bonds. The van der Waals surface area contributed by atoms with Crippen LogP contribution in [-0.4, -0.2) is 18.8 Å².